The van der Waals surface area contributed by atoms with Crippen molar-refractivity contribution in [3.63, 3.8) is 0 Å². The molecule has 2 N–H and O–H groups in total. The van der Waals surface area contributed by atoms with E-state index in [0.29, 0.717) is 18.5 Å². The molecule has 1 amide bonds. The monoisotopic (exact) mass is 451 g/mol. The van der Waals surface area contributed by atoms with Crippen LogP contribution in [0.15, 0.2) is 17.6 Å². The third-order valence-corrected chi connectivity index (χ3v) is 4.15. The van der Waals surface area contributed by atoms with Crippen LogP contribution in [0.3, 0.4) is 0 Å². The maximum absolute atomic E-state index is 11.6. The Morgan fingerprint density at radius 3 is 2.54 bits per heavy atom. The summed E-state index contributed by atoms with van der Waals surface area (Å²) < 4.78 is 0. The van der Waals surface area contributed by atoms with E-state index >= 15 is 0 Å². The first kappa shape index (κ1) is 23.2. The Morgan fingerprint density at radius 2 is 1.96 bits per heavy atom. The highest BCUT2D eigenvalue weighted by atomic mass is 127. The van der Waals surface area contributed by atoms with Crippen LogP contribution < -0.4 is 10.6 Å². The van der Waals surface area contributed by atoms with Crippen LogP contribution in [0.5, 0.6) is 0 Å². The van der Waals surface area contributed by atoms with Crippen molar-refractivity contribution < 1.29 is 4.79 Å². The van der Waals surface area contributed by atoms with Gasteiger partial charge < -0.3 is 20.4 Å². The average Bonchev–Trinajstić information content (AvgIpc) is 2.56. The Hall–Kier alpha value is -0.830. The molecule has 1 aliphatic rings. The van der Waals surface area contributed by atoms with Crippen molar-refractivity contribution in [2.75, 3.05) is 46.8 Å². The predicted octanol–water partition coefficient (Wildman–Crippen LogP) is 1.68. The molecule has 1 rings (SSSR count). The molecule has 0 saturated carbocycles. The first-order valence-electron chi connectivity index (χ1n) is 8.62. The van der Waals surface area contributed by atoms with Crippen molar-refractivity contribution in [1.82, 2.24) is 20.4 Å². The molecule has 140 valence electrons. The molecule has 7 heteroatoms. The number of carbonyl (C=O) groups excluding carboxylic acids is 1. The minimum atomic E-state index is -0.00797. The second kappa shape index (κ2) is 13.5. The number of halogens is 1. The van der Waals surface area contributed by atoms with Crippen molar-refractivity contribution >= 4 is 35.8 Å². The molecule has 1 heterocycles. The molecule has 0 aromatic carbocycles. The molecule has 1 fully saturated rings. The third kappa shape index (κ3) is 9.46. The molecule has 1 unspecified atom stereocenters. The number of piperidine rings is 1. The lowest BCUT2D eigenvalue weighted by Gasteiger charge is -2.32. The Balaban J connectivity index is 0.00000529. The number of hydrogen-bond donors (Lipinski definition) is 2. The van der Waals surface area contributed by atoms with Gasteiger partial charge in [0.05, 0.1) is 0 Å². The predicted molar refractivity (Wildman–Crippen MR) is 112 cm³/mol. The van der Waals surface area contributed by atoms with E-state index in [1.54, 1.807) is 25.1 Å². The Morgan fingerprint density at radius 1 is 1.29 bits per heavy atom. The summed E-state index contributed by atoms with van der Waals surface area (Å²) in [5.74, 6) is 0.664. The number of rotatable bonds is 8. The summed E-state index contributed by atoms with van der Waals surface area (Å²) >= 11 is 0. The van der Waals surface area contributed by atoms with Gasteiger partial charge in [-0.15, -0.1) is 30.6 Å². The van der Waals surface area contributed by atoms with Crippen molar-refractivity contribution in [2.24, 2.45) is 4.99 Å². The van der Waals surface area contributed by atoms with Crippen molar-refractivity contribution in [3.05, 3.63) is 12.7 Å². The van der Waals surface area contributed by atoms with E-state index in [9.17, 15) is 4.79 Å². The summed E-state index contributed by atoms with van der Waals surface area (Å²) in [5.41, 5.74) is 0. The standard InChI is InChI=1S/C17H33N5O.HI/c1-5-10-18-17(20-14-16(23)21(3)4)19-11-9-15(2)22-12-7-6-8-13-22;/h5,15H,1,6-14H2,2-4H3,(H2,18,19,20);1H. The number of hydrogen-bond acceptors (Lipinski definition) is 3. The Bertz CT molecular complexity index is 394. The number of guanidine groups is 1. The fourth-order valence-electron chi connectivity index (χ4n) is 2.57. The Kier molecular flexibility index (Phi) is 13.0. The topological polar surface area (TPSA) is 60.0 Å². The molecular weight excluding hydrogens is 417 g/mol. The zero-order chi connectivity index (χ0) is 17.1. The molecule has 0 aliphatic carbocycles. The van der Waals surface area contributed by atoms with Crippen LogP contribution in [0.4, 0.5) is 0 Å². The normalized spacial score (nSPS) is 16.7. The molecule has 0 aromatic heterocycles. The fraction of sp³-hybridized carbons (Fsp3) is 0.765. The lowest BCUT2D eigenvalue weighted by molar-refractivity contribution is -0.127. The number of nitrogens with zero attached hydrogens (tertiary/aromatic N) is 3. The van der Waals surface area contributed by atoms with E-state index in [4.69, 9.17) is 0 Å². The minimum absolute atomic E-state index is 0. The molecule has 0 bridgehead atoms. The summed E-state index contributed by atoms with van der Waals surface area (Å²) in [4.78, 5) is 20.1. The van der Waals surface area contributed by atoms with E-state index in [2.05, 4.69) is 34.0 Å². The summed E-state index contributed by atoms with van der Waals surface area (Å²) in [6, 6.07) is 0.576. The summed E-state index contributed by atoms with van der Waals surface area (Å²) in [6.07, 6.45) is 6.84. The van der Waals surface area contributed by atoms with Crippen molar-refractivity contribution in [3.8, 4) is 0 Å². The van der Waals surface area contributed by atoms with Gasteiger partial charge >= 0.3 is 0 Å². The molecule has 0 aromatic rings. The molecule has 24 heavy (non-hydrogen) atoms. The zero-order valence-corrected chi connectivity index (χ0v) is 17.7. The smallest absolute Gasteiger partial charge is 0.243 e. The summed E-state index contributed by atoms with van der Waals surface area (Å²) in [5, 5.41) is 6.47. The second-order valence-electron chi connectivity index (χ2n) is 6.28. The van der Waals surface area contributed by atoms with Crippen LogP contribution in [0, 0.1) is 0 Å². The van der Waals surface area contributed by atoms with Gasteiger partial charge in [-0.2, -0.15) is 0 Å². The van der Waals surface area contributed by atoms with Gasteiger partial charge in [-0.1, -0.05) is 12.5 Å². The highest BCUT2D eigenvalue weighted by Gasteiger charge is 2.16. The van der Waals surface area contributed by atoms with E-state index < -0.39 is 0 Å². The number of nitrogens with one attached hydrogen (secondary N) is 2. The lowest BCUT2D eigenvalue weighted by atomic mass is 10.1. The second-order valence-corrected chi connectivity index (χ2v) is 6.28. The summed E-state index contributed by atoms with van der Waals surface area (Å²) in [7, 11) is 3.48. The molecule has 1 atom stereocenters. The average molecular weight is 451 g/mol. The van der Waals surface area contributed by atoms with Crippen LogP contribution in [0.2, 0.25) is 0 Å². The van der Waals surface area contributed by atoms with Gasteiger partial charge in [0.25, 0.3) is 0 Å². The van der Waals surface area contributed by atoms with E-state index in [-0.39, 0.29) is 36.4 Å². The quantitative estimate of drug-likeness (QED) is 0.255. The van der Waals surface area contributed by atoms with Gasteiger partial charge in [-0.3, -0.25) is 4.79 Å². The maximum Gasteiger partial charge on any atom is 0.243 e. The molecular formula is C17H34IN5O. The number of carbonyl (C=O) groups is 1. The third-order valence-electron chi connectivity index (χ3n) is 4.15. The van der Waals surface area contributed by atoms with Gasteiger partial charge in [-0.05, 0) is 39.3 Å². The van der Waals surface area contributed by atoms with Crippen molar-refractivity contribution in [2.45, 2.75) is 38.6 Å². The highest BCUT2D eigenvalue weighted by molar-refractivity contribution is 14.0. The van der Waals surface area contributed by atoms with E-state index in [0.717, 1.165) is 13.0 Å². The molecule has 0 radical (unpaired) electrons. The van der Waals surface area contributed by atoms with Crippen LogP contribution in [0.25, 0.3) is 0 Å². The van der Waals surface area contributed by atoms with Crippen LogP contribution in [0.1, 0.15) is 32.6 Å². The van der Waals surface area contributed by atoms with E-state index in [1.807, 2.05) is 0 Å². The van der Waals surface area contributed by atoms with Gasteiger partial charge in [0, 0.05) is 33.2 Å². The van der Waals surface area contributed by atoms with Crippen molar-refractivity contribution in [1.29, 1.82) is 0 Å². The first-order chi connectivity index (χ1) is 11.0. The minimum Gasteiger partial charge on any atom is -0.356 e. The first-order valence-corrected chi connectivity index (χ1v) is 8.62. The van der Waals surface area contributed by atoms with Crippen LogP contribution in [-0.4, -0.2) is 74.5 Å². The number of aliphatic imine (C=N–C) groups is 1. The highest BCUT2D eigenvalue weighted by Crippen LogP contribution is 2.13. The van der Waals surface area contributed by atoms with Gasteiger partial charge in [0.15, 0.2) is 5.96 Å². The summed E-state index contributed by atoms with van der Waals surface area (Å²) in [6.45, 7) is 10.0. The SMILES string of the molecule is C=CCNC(=NCC(=O)N(C)C)NCCC(C)N1CCCCC1.I. The van der Waals surface area contributed by atoms with Crippen LogP contribution in [-0.2, 0) is 4.79 Å². The van der Waals surface area contributed by atoms with Gasteiger partial charge in [0.2, 0.25) is 5.91 Å². The van der Waals surface area contributed by atoms with Gasteiger partial charge in [0.1, 0.15) is 6.54 Å². The molecule has 1 saturated heterocycles. The lowest BCUT2D eigenvalue weighted by Crippen LogP contribution is -2.42. The zero-order valence-electron chi connectivity index (χ0n) is 15.4. The Labute approximate surface area is 164 Å². The molecule has 1 aliphatic heterocycles. The number of likely N-dealkylation sites (N-methyl/N-ethyl adjacent to an activating group) is 1. The fourth-order valence-corrected chi connectivity index (χ4v) is 2.57. The molecule has 6 nitrogen and oxygen atoms in total. The van der Waals surface area contributed by atoms with E-state index in [1.165, 1.54) is 32.4 Å². The largest absolute Gasteiger partial charge is 0.356 e. The van der Waals surface area contributed by atoms with Gasteiger partial charge in [-0.25, -0.2) is 4.99 Å². The number of amides is 1. The maximum atomic E-state index is 11.6. The molecule has 0 spiro atoms. The van der Waals surface area contributed by atoms with Crippen LogP contribution >= 0.6 is 24.0 Å². The number of likely N-dealkylation sites (tertiary alicyclic amines) is 1.